The van der Waals surface area contributed by atoms with Crippen molar-refractivity contribution in [2.45, 2.75) is 19.6 Å². The molecule has 3 rings (SSSR count). The Labute approximate surface area is 126 Å². The molecule has 2 heterocycles. The zero-order valence-electron chi connectivity index (χ0n) is 11.2. The Hall–Kier alpha value is -2.11. The molecule has 6 heteroatoms. The molecule has 1 aromatic heterocycles. The van der Waals surface area contributed by atoms with Crippen molar-refractivity contribution < 1.29 is 19.4 Å². The Morgan fingerprint density at radius 1 is 1.43 bits per heavy atom. The van der Waals surface area contributed by atoms with Gasteiger partial charge in [-0.15, -0.1) is 0 Å². The number of fused-ring (bicyclic) bond motifs is 1. The van der Waals surface area contributed by atoms with Crippen LogP contribution >= 0.6 is 11.6 Å². The Morgan fingerprint density at radius 2 is 2.14 bits per heavy atom. The number of rotatable bonds is 2. The maximum absolute atomic E-state index is 10.8. The van der Waals surface area contributed by atoms with E-state index in [1.54, 1.807) is 25.3 Å². The Morgan fingerprint density at radius 3 is 2.81 bits per heavy atom. The number of ether oxygens (including phenoxy) is 2. The van der Waals surface area contributed by atoms with Gasteiger partial charge >= 0.3 is 6.16 Å². The van der Waals surface area contributed by atoms with Crippen molar-refractivity contribution in [3.63, 3.8) is 0 Å². The number of aromatic nitrogens is 1. The lowest BCUT2D eigenvalue weighted by Gasteiger charge is -2.12. The zero-order valence-corrected chi connectivity index (χ0v) is 11.9. The van der Waals surface area contributed by atoms with Gasteiger partial charge in [0, 0.05) is 22.3 Å². The highest BCUT2D eigenvalue weighted by Gasteiger charge is 2.30. The van der Waals surface area contributed by atoms with Crippen LogP contribution in [-0.2, 0) is 11.3 Å². The van der Waals surface area contributed by atoms with Gasteiger partial charge in [0.05, 0.1) is 12.3 Å². The molecule has 0 saturated heterocycles. The number of carbonyl (C=O) groups is 1. The fraction of sp³-hybridized carbons (Fsp3) is 0.200. The molecule has 1 N–H and O–H groups in total. The maximum Gasteiger partial charge on any atom is 0.511 e. The van der Waals surface area contributed by atoms with Gasteiger partial charge in [0.2, 0.25) is 0 Å². The van der Waals surface area contributed by atoms with E-state index < -0.39 is 6.16 Å². The summed E-state index contributed by atoms with van der Waals surface area (Å²) in [5.74, 6) is 0.261. The summed E-state index contributed by atoms with van der Waals surface area (Å²) < 4.78 is 10.6. The fourth-order valence-electron chi connectivity index (χ4n) is 2.42. The predicted molar refractivity (Wildman–Crippen MR) is 75.7 cm³/mol. The summed E-state index contributed by atoms with van der Waals surface area (Å²) in [4.78, 5) is 15.0. The fourth-order valence-corrected chi connectivity index (χ4v) is 2.55. The molecule has 1 aliphatic rings. The lowest BCUT2D eigenvalue weighted by Crippen LogP contribution is -2.08. The van der Waals surface area contributed by atoms with Crippen molar-refractivity contribution in [2.75, 3.05) is 0 Å². The second-order valence-electron chi connectivity index (χ2n) is 4.72. The summed E-state index contributed by atoms with van der Waals surface area (Å²) in [5.41, 5.74) is 3.01. The van der Waals surface area contributed by atoms with Crippen molar-refractivity contribution in [3.8, 4) is 5.75 Å². The number of benzene rings is 1. The molecule has 1 aromatic carbocycles. The normalized spacial score (nSPS) is 16.6. The maximum atomic E-state index is 10.8. The average molecular weight is 306 g/mol. The third kappa shape index (κ3) is 2.57. The minimum absolute atomic E-state index is 0.261. The number of aryl methyl sites for hydroxylation is 1. The number of halogens is 1. The Bertz CT molecular complexity index is 700. The van der Waals surface area contributed by atoms with Crippen molar-refractivity contribution in [1.29, 1.82) is 0 Å². The van der Waals surface area contributed by atoms with Gasteiger partial charge in [0.25, 0.3) is 0 Å². The lowest BCUT2D eigenvalue weighted by molar-refractivity contribution is 0.0927. The van der Waals surface area contributed by atoms with Crippen LogP contribution in [0.2, 0.25) is 5.02 Å². The molecule has 21 heavy (non-hydrogen) atoms. The number of pyridine rings is 1. The topological polar surface area (TPSA) is 68.7 Å². The molecule has 0 radical (unpaired) electrons. The SMILES string of the molecule is Cc1ncc2c(c1OC(=O)O)COC2c1ccc(Cl)cc1. The van der Waals surface area contributed by atoms with E-state index in [4.69, 9.17) is 26.2 Å². The zero-order chi connectivity index (χ0) is 15.0. The summed E-state index contributed by atoms with van der Waals surface area (Å²) in [6.45, 7) is 1.99. The van der Waals surface area contributed by atoms with E-state index in [9.17, 15) is 4.79 Å². The Balaban J connectivity index is 2.03. The smallest absolute Gasteiger partial charge is 0.449 e. The highest BCUT2D eigenvalue weighted by Crippen LogP contribution is 2.40. The first-order chi connectivity index (χ1) is 10.1. The van der Waals surface area contributed by atoms with E-state index >= 15 is 0 Å². The largest absolute Gasteiger partial charge is 0.511 e. The van der Waals surface area contributed by atoms with Gasteiger partial charge in [-0.25, -0.2) is 4.79 Å². The first-order valence-electron chi connectivity index (χ1n) is 6.32. The quantitative estimate of drug-likeness (QED) is 0.856. The molecule has 1 atom stereocenters. The standard InChI is InChI=1S/C15H12ClNO4/c1-8-13(21-15(18)19)12-7-20-14(11(12)6-17-8)9-2-4-10(16)5-3-9/h2-6,14H,7H2,1H3,(H,18,19). The molecule has 0 bridgehead atoms. The molecule has 0 spiro atoms. The van der Waals surface area contributed by atoms with Crippen LogP contribution in [0.25, 0.3) is 0 Å². The highest BCUT2D eigenvalue weighted by molar-refractivity contribution is 6.30. The molecule has 0 saturated carbocycles. The van der Waals surface area contributed by atoms with Crippen LogP contribution in [0, 0.1) is 6.92 Å². The van der Waals surface area contributed by atoms with E-state index in [-0.39, 0.29) is 18.5 Å². The second-order valence-corrected chi connectivity index (χ2v) is 5.15. The van der Waals surface area contributed by atoms with E-state index in [2.05, 4.69) is 4.98 Å². The third-order valence-corrected chi connectivity index (χ3v) is 3.64. The molecule has 108 valence electrons. The molecular formula is C15H12ClNO4. The van der Waals surface area contributed by atoms with Crippen LogP contribution in [0.4, 0.5) is 4.79 Å². The summed E-state index contributed by atoms with van der Waals surface area (Å²) in [6.07, 6.45) is 0.0517. The minimum Gasteiger partial charge on any atom is -0.449 e. The van der Waals surface area contributed by atoms with Gasteiger partial charge in [-0.05, 0) is 24.6 Å². The van der Waals surface area contributed by atoms with Crippen LogP contribution in [0.15, 0.2) is 30.5 Å². The first-order valence-corrected chi connectivity index (χ1v) is 6.70. The van der Waals surface area contributed by atoms with Crippen molar-refractivity contribution >= 4 is 17.8 Å². The van der Waals surface area contributed by atoms with E-state index in [1.165, 1.54) is 0 Å². The van der Waals surface area contributed by atoms with E-state index in [0.29, 0.717) is 10.7 Å². The van der Waals surface area contributed by atoms with Gasteiger partial charge in [0.15, 0.2) is 5.75 Å². The van der Waals surface area contributed by atoms with Crippen LogP contribution in [-0.4, -0.2) is 16.2 Å². The molecule has 0 aliphatic carbocycles. The van der Waals surface area contributed by atoms with E-state index in [0.717, 1.165) is 16.7 Å². The molecule has 0 fully saturated rings. The third-order valence-electron chi connectivity index (χ3n) is 3.39. The predicted octanol–water partition coefficient (Wildman–Crippen LogP) is 3.72. The monoisotopic (exact) mass is 305 g/mol. The van der Waals surface area contributed by atoms with Gasteiger partial charge in [-0.3, -0.25) is 4.98 Å². The molecule has 1 unspecified atom stereocenters. The number of carboxylic acid groups (broad SMARTS) is 1. The summed E-state index contributed by atoms with van der Waals surface area (Å²) in [6, 6.07) is 7.32. The van der Waals surface area contributed by atoms with Gasteiger partial charge < -0.3 is 14.6 Å². The number of hydrogen-bond donors (Lipinski definition) is 1. The van der Waals surface area contributed by atoms with Crippen molar-refractivity contribution in [1.82, 2.24) is 4.98 Å². The summed E-state index contributed by atoms with van der Waals surface area (Å²) >= 11 is 5.88. The second kappa shape index (κ2) is 5.35. The lowest BCUT2D eigenvalue weighted by atomic mass is 10.0. The average Bonchev–Trinajstić information content (AvgIpc) is 2.87. The molecule has 1 aliphatic heterocycles. The van der Waals surface area contributed by atoms with Crippen LogP contribution in [0.5, 0.6) is 5.75 Å². The van der Waals surface area contributed by atoms with Crippen LogP contribution < -0.4 is 4.74 Å². The van der Waals surface area contributed by atoms with Crippen molar-refractivity contribution in [2.24, 2.45) is 0 Å². The minimum atomic E-state index is -1.36. The summed E-state index contributed by atoms with van der Waals surface area (Å²) in [5, 5.41) is 9.48. The Kier molecular flexibility index (Phi) is 3.53. The summed E-state index contributed by atoms with van der Waals surface area (Å²) in [7, 11) is 0. The molecule has 0 amide bonds. The highest BCUT2D eigenvalue weighted by atomic mass is 35.5. The first kappa shape index (κ1) is 13.9. The van der Waals surface area contributed by atoms with Crippen molar-refractivity contribution in [3.05, 3.63) is 57.9 Å². The van der Waals surface area contributed by atoms with Gasteiger partial charge in [0.1, 0.15) is 6.10 Å². The van der Waals surface area contributed by atoms with E-state index in [1.807, 2.05) is 12.1 Å². The molecular weight excluding hydrogens is 294 g/mol. The molecule has 5 nitrogen and oxygen atoms in total. The number of nitrogens with zero attached hydrogens (tertiary/aromatic N) is 1. The van der Waals surface area contributed by atoms with Gasteiger partial charge in [-0.2, -0.15) is 0 Å². The van der Waals surface area contributed by atoms with Crippen LogP contribution in [0.3, 0.4) is 0 Å². The van der Waals surface area contributed by atoms with Crippen LogP contribution in [0.1, 0.15) is 28.5 Å². The number of hydrogen-bond acceptors (Lipinski definition) is 4. The van der Waals surface area contributed by atoms with Gasteiger partial charge in [-0.1, -0.05) is 23.7 Å². The molecule has 2 aromatic rings.